The molecule has 0 aliphatic carbocycles. The second-order valence-corrected chi connectivity index (χ2v) is 3.51. The first-order valence-corrected chi connectivity index (χ1v) is 4.30. The summed E-state index contributed by atoms with van der Waals surface area (Å²) >= 11 is 6.75. The molecule has 0 aromatic carbocycles. The third kappa shape index (κ3) is 2.51. The van der Waals surface area contributed by atoms with E-state index >= 15 is 0 Å². The van der Waals surface area contributed by atoms with Gasteiger partial charge in [0.1, 0.15) is 0 Å². The zero-order valence-corrected chi connectivity index (χ0v) is 8.15. The second kappa shape index (κ2) is 3.88. The summed E-state index contributed by atoms with van der Waals surface area (Å²) in [6, 6.07) is 0. The van der Waals surface area contributed by atoms with Gasteiger partial charge < -0.3 is 5.32 Å². The van der Waals surface area contributed by atoms with Gasteiger partial charge in [0.25, 0.3) is 0 Å². The summed E-state index contributed by atoms with van der Waals surface area (Å²) in [6.45, 7) is 4.05. The van der Waals surface area contributed by atoms with Crippen molar-refractivity contribution >= 4 is 32.3 Å². The van der Waals surface area contributed by atoms with Crippen LogP contribution in [-0.2, 0) is 0 Å². The fourth-order valence-electron chi connectivity index (χ4n) is 0.685. The third-order valence-electron chi connectivity index (χ3n) is 1.18. The minimum atomic E-state index is 0.991. The molecule has 0 spiro atoms. The van der Waals surface area contributed by atoms with Crippen LogP contribution >= 0.6 is 32.3 Å². The largest absolute Gasteiger partial charge is 0.314 e. The van der Waals surface area contributed by atoms with E-state index in [0.717, 1.165) is 26.2 Å². The fraction of sp³-hybridized carbons (Fsp3) is 1.00. The van der Waals surface area contributed by atoms with Crippen molar-refractivity contribution in [2.24, 2.45) is 0 Å². The van der Waals surface area contributed by atoms with Gasteiger partial charge in [-0.3, -0.25) is 0 Å². The van der Waals surface area contributed by atoms with Crippen LogP contribution in [0.2, 0.25) is 0 Å². The molecule has 0 saturated carbocycles. The van der Waals surface area contributed by atoms with Gasteiger partial charge in [-0.1, -0.05) is 0 Å². The first-order chi connectivity index (χ1) is 4.30. The van der Waals surface area contributed by atoms with Crippen molar-refractivity contribution in [3.05, 3.63) is 0 Å². The lowest BCUT2D eigenvalue weighted by Gasteiger charge is -2.18. The summed E-state index contributed by atoms with van der Waals surface area (Å²) in [4.78, 5) is 0. The average molecular weight is 259 g/mol. The topological polar surface area (TPSA) is 18.5 Å². The van der Waals surface area contributed by atoms with Gasteiger partial charge in [-0.05, 0) is 0 Å². The standard InChI is InChI=1S/C4H9Br2N3/c5-8-3-1-7-2-4-9(8)6/h7H,1-4H2. The zero-order valence-electron chi connectivity index (χ0n) is 4.98. The van der Waals surface area contributed by atoms with Crippen molar-refractivity contribution in [1.29, 1.82) is 0 Å². The average Bonchev–Trinajstić information content (AvgIpc) is 1.99. The fourth-order valence-corrected chi connectivity index (χ4v) is 1.36. The number of hydrazine groups is 1. The maximum atomic E-state index is 3.38. The quantitative estimate of drug-likeness (QED) is 0.647. The number of nitrogens with zero attached hydrogens (tertiary/aromatic N) is 2. The number of hydrogen-bond donors (Lipinski definition) is 1. The highest BCUT2D eigenvalue weighted by Gasteiger charge is 2.11. The Morgan fingerprint density at radius 3 is 1.89 bits per heavy atom. The highest BCUT2D eigenvalue weighted by atomic mass is 79.9. The molecule has 0 bridgehead atoms. The zero-order chi connectivity index (χ0) is 6.69. The normalized spacial score (nSPS) is 26.0. The molecule has 1 rings (SSSR count). The van der Waals surface area contributed by atoms with E-state index in [9.17, 15) is 0 Å². The summed E-state index contributed by atoms with van der Waals surface area (Å²) in [6.07, 6.45) is 0. The molecule has 9 heavy (non-hydrogen) atoms. The molecule has 1 saturated heterocycles. The van der Waals surface area contributed by atoms with Crippen LogP contribution in [0.15, 0.2) is 0 Å². The van der Waals surface area contributed by atoms with Gasteiger partial charge in [-0.25, -0.2) is 0 Å². The van der Waals surface area contributed by atoms with Crippen LogP contribution in [0.25, 0.3) is 0 Å². The summed E-state index contributed by atoms with van der Waals surface area (Å²) in [7, 11) is 0. The Balaban J connectivity index is 2.32. The van der Waals surface area contributed by atoms with E-state index in [1.54, 1.807) is 0 Å². The minimum absolute atomic E-state index is 0.991. The van der Waals surface area contributed by atoms with Crippen molar-refractivity contribution in [3.8, 4) is 0 Å². The summed E-state index contributed by atoms with van der Waals surface area (Å²) in [5.74, 6) is 0. The van der Waals surface area contributed by atoms with E-state index in [1.807, 2.05) is 8.07 Å². The molecule has 0 atom stereocenters. The van der Waals surface area contributed by atoms with Crippen molar-refractivity contribution < 1.29 is 0 Å². The third-order valence-corrected chi connectivity index (χ3v) is 3.08. The van der Waals surface area contributed by atoms with Crippen LogP contribution in [-0.4, -0.2) is 34.2 Å². The van der Waals surface area contributed by atoms with Crippen LogP contribution in [0.4, 0.5) is 0 Å². The lowest BCUT2D eigenvalue weighted by molar-refractivity contribution is 0.250. The lowest BCUT2D eigenvalue weighted by Crippen LogP contribution is -2.27. The first-order valence-electron chi connectivity index (χ1n) is 2.88. The maximum absolute atomic E-state index is 3.38. The molecule has 1 heterocycles. The smallest absolute Gasteiger partial charge is 0.0385 e. The van der Waals surface area contributed by atoms with Gasteiger partial charge >= 0.3 is 0 Å². The Bertz CT molecular complexity index is 79.9. The molecule has 3 nitrogen and oxygen atoms in total. The van der Waals surface area contributed by atoms with Crippen molar-refractivity contribution in [2.45, 2.75) is 0 Å². The molecule has 1 fully saturated rings. The Hall–Kier alpha value is 0.840. The van der Waals surface area contributed by atoms with Crippen LogP contribution < -0.4 is 5.32 Å². The Morgan fingerprint density at radius 1 is 1.00 bits per heavy atom. The second-order valence-electron chi connectivity index (χ2n) is 1.87. The minimum Gasteiger partial charge on any atom is -0.314 e. The SMILES string of the molecule is BrN1CCNCCN1Br. The molecule has 0 radical (unpaired) electrons. The molecule has 1 aliphatic rings. The van der Waals surface area contributed by atoms with Crippen LogP contribution in [0.3, 0.4) is 0 Å². The molecule has 0 amide bonds. The van der Waals surface area contributed by atoms with Crippen LogP contribution in [0.5, 0.6) is 0 Å². The van der Waals surface area contributed by atoms with Crippen molar-refractivity contribution in [2.75, 3.05) is 26.2 Å². The first kappa shape index (κ1) is 7.94. The van der Waals surface area contributed by atoms with E-state index in [2.05, 4.69) is 37.6 Å². The van der Waals surface area contributed by atoms with Crippen molar-refractivity contribution in [3.63, 3.8) is 0 Å². The summed E-state index contributed by atoms with van der Waals surface area (Å²) < 4.78 is 3.93. The molecule has 54 valence electrons. The Kier molecular flexibility index (Phi) is 3.42. The van der Waals surface area contributed by atoms with Crippen LogP contribution in [0, 0.1) is 0 Å². The van der Waals surface area contributed by atoms with E-state index in [1.165, 1.54) is 0 Å². The molecule has 0 aromatic heterocycles. The summed E-state index contributed by atoms with van der Waals surface area (Å²) in [5, 5.41) is 3.26. The highest BCUT2D eigenvalue weighted by molar-refractivity contribution is 9.09. The molecule has 1 aliphatic heterocycles. The molecular formula is C4H9Br2N3. The van der Waals surface area contributed by atoms with Gasteiger partial charge in [0.05, 0.1) is 0 Å². The Labute approximate surface area is 72.0 Å². The number of rotatable bonds is 0. The van der Waals surface area contributed by atoms with E-state index in [0.29, 0.717) is 0 Å². The monoisotopic (exact) mass is 257 g/mol. The lowest BCUT2D eigenvalue weighted by atomic mass is 10.6. The van der Waals surface area contributed by atoms with Gasteiger partial charge in [-0.2, -0.15) is 8.07 Å². The van der Waals surface area contributed by atoms with E-state index in [4.69, 9.17) is 0 Å². The predicted molar refractivity (Wildman–Crippen MR) is 44.1 cm³/mol. The van der Waals surface area contributed by atoms with Gasteiger partial charge in [0.2, 0.25) is 0 Å². The molecule has 1 N–H and O–H groups in total. The highest BCUT2D eigenvalue weighted by Crippen LogP contribution is 2.09. The Morgan fingerprint density at radius 2 is 1.44 bits per heavy atom. The summed E-state index contributed by atoms with van der Waals surface area (Å²) in [5.41, 5.74) is 0. The van der Waals surface area contributed by atoms with E-state index in [-0.39, 0.29) is 0 Å². The number of hydrogen-bond acceptors (Lipinski definition) is 3. The van der Waals surface area contributed by atoms with Gasteiger partial charge in [0, 0.05) is 58.5 Å². The maximum Gasteiger partial charge on any atom is 0.0385 e. The van der Waals surface area contributed by atoms with Crippen LogP contribution in [0.1, 0.15) is 0 Å². The van der Waals surface area contributed by atoms with E-state index < -0.39 is 0 Å². The number of nitrogens with one attached hydrogen (secondary N) is 1. The molecular weight excluding hydrogens is 250 g/mol. The molecule has 0 aromatic rings. The predicted octanol–water partition coefficient (Wildman–Crippen LogP) is 0.728. The molecule has 5 heteroatoms. The number of halogens is 2. The molecule has 0 unspecified atom stereocenters. The van der Waals surface area contributed by atoms with Gasteiger partial charge in [0.15, 0.2) is 0 Å². The van der Waals surface area contributed by atoms with Gasteiger partial charge in [-0.15, -0.1) is 0 Å². The van der Waals surface area contributed by atoms with Crippen molar-refractivity contribution in [1.82, 2.24) is 13.4 Å².